The molecule has 0 fully saturated rings. The molecule has 1 N–H and O–H groups in total. The molecule has 0 amide bonds. The molecule has 2 rings (SSSR count). The maximum Gasteiger partial charge on any atom is 0.170 e. The van der Waals surface area contributed by atoms with Gasteiger partial charge in [-0.2, -0.15) is 0 Å². The normalized spacial score (nSPS) is 12.2. The van der Waals surface area contributed by atoms with Crippen LogP contribution in [0, 0.1) is 12.7 Å². The molecule has 1 unspecified atom stereocenters. The molecular weight excluding hydrogens is 255 g/mol. The summed E-state index contributed by atoms with van der Waals surface area (Å²) in [5, 5.41) is 3.30. The van der Waals surface area contributed by atoms with Crippen LogP contribution in [0.15, 0.2) is 36.7 Å². The Labute approximate surface area is 118 Å². The van der Waals surface area contributed by atoms with Crippen LogP contribution in [0.2, 0.25) is 0 Å². The molecule has 1 heterocycles. The third kappa shape index (κ3) is 2.96. The van der Waals surface area contributed by atoms with Crippen molar-refractivity contribution in [1.82, 2.24) is 10.3 Å². The summed E-state index contributed by atoms with van der Waals surface area (Å²) < 4.78 is 19.5. The van der Waals surface area contributed by atoms with E-state index in [1.54, 1.807) is 30.6 Å². The van der Waals surface area contributed by atoms with E-state index in [9.17, 15) is 4.39 Å². The van der Waals surface area contributed by atoms with Gasteiger partial charge in [-0.25, -0.2) is 4.39 Å². The average Bonchev–Trinajstić information content (AvgIpc) is 2.45. The lowest BCUT2D eigenvalue weighted by Gasteiger charge is -2.20. The van der Waals surface area contributed by atoms with E-state index in [2.05, 4.69) is 10.3 Å². The molecule has 1 aromatic carbocycles. The molecule has 0 aliphatic carbocycles. The van der Waals surface area contributed by atoms with Crippen LogP contribution in [0.25, 0.3) is 0 Å². The first-order valence-corrected chi connectivity index (χ1v) is 6.64. The zero-order chi connectivity index (χ0) is 14.5. The number of aromatic nitrogens is 1. The topological polar surface area (TPSA) is 34.2 Å². The molecule has 2 aromatic rings. The van der Waals surface area contributed by atoms with Gasteiger partial charge in [0.05, 0.1) is 13.2 Å². The number of nitrogens with zero attached hydrogens (tertiary/aromatic N) is 1. The number of aryl methyl sites for hydroxylation is 1. The van der Waals surface area contributed by atoms with Crippen molar-refractivity contribution >= 4 is 0 Å². The Balaban J connectivity index is 2.48. The largest absolute Gasteiger partial charge is 0.494 e. The Morgan fingerprint density at radius 3 is 2.80 bits per heavy atom. The average molecular weight is 274 g/mol. The highest BCUT2D eigenvalue weighted by Gasteiger charge is 2.19. The molecule has 0 radical (unpaired) electrons. The molecule has 1 atom stereocenters. The zero-order valence-electron chi connectivity index (χ0n) is 12.0. The van der Waals surface area contributed by atoms with E-state index in [4.69, 9.17) is 4.74 Å². The Morgan fingerprint density at radius 2 is 2.15 bits per heavy atom. The number of hydrogen-bond acceptors (Lipinski definition) is 3. The summed E-state index contributed by atoms with van der Waals surface area (Å²) in [5.74, 6) is -0.0755. The van der Waals surface area contributed by atoms with Crippen LogP contribution >= 0.6 is 0 Å². The number of pyridine rings is 1. The Bertz CT molecular complexity index is 586. The van der Waals surface area contributed by atoms with E-state index >= 15 is 0 Å². The fourth-order valence-electron chi connectivity index (χ4n) is 2.26. The smallest absolute Gasteiger partial charge is 0.170 e. The van der Waals surface area contributed by atoms with Crippen LogP contribution in [0.1, 0.15) is 29.7 Å². The van der Waals surface area contributed by atoms with E-state index in [0.717, 1.165) is 17.7 Å². The summed E-state index contributed by atoms with van der Waals surface area (Å²) in [6.07, 6.45) is 3.55. The van der Waals surface area contributed by atoms with Crippen molar-refractivity contribution in [2.75, 3.05) is 13.7 Å². The molecule has 0 bridgehead atoms. The number of halogens is 1. The second-order valence-electron chi connectivity index (χ2n) is 4.65. The lowest BCUT2D eigenvalue weighted by Crippen LogP contribution is -2.23. The Morgan fingerprint density at radius 1 is 1.35 bits per heavy atom. The SMILES string of the molecule is CCNC(c1cncc(C)c1)c1cccc(OC)c1F. The highest BCUT2D eigenvalue weighted by molar-refractivity contribution is 5.38. The molecule has 4 heteroatoms. The minimum atomic E-state index is -0.331. The van der Waals surface area contributed by atoms with Crippen LogP contribution in [0.3, 0.4) is 0 Å². The highest BCUT2D eigenvalue weighted by atomic mass is 19.1. The maximum absolute atomic E-state index is 14.4. The van der Waals surface area contributed by atoms with Gasteiger partial charge in [-0.15, -0.1) is 0 Å². The summed E-state index contributed by atoms with van der Waals surface area (Å²) in [4.78, 5) is 4.19. The fourth-order valence-corrected chi connectivity index (χ4v) is 2.26. The lowest BCUT2D eigenvalue weighted by molar-refractivity contribution is 0.381. The molecule has 1 aromatic heterocycles. The summed E-state index contributed by atoms with van der Waals surface area (Å²) in [5.41, 5.74) is 2.56. The molecule has 20 heavy (non-hydrogen) atoms. The van der Waals surface area contributed by atoms with Gasteiger partial charge in [0, 0.05) is 18.0 Å². The summed E-state index contributed by atoms with van der Waals surface area (Å²) in [6, 6.07) is 6.97. The van der Waals surface area contributed by atoms with Gasteiger partial charge < -0.3 is 10.1 Å². The predicted octanol–water partition coefficient (Wildman–Crippen LogP) is 3.24. The van der Waals surface area contributed by atoms with Gasteiger partial charge in [0.15, 0.2) is 11.6 Å². The summed E-state index contributed by atoms with van der Waals surface area (Å²) >= 11 is 0. The van der Waals surface area contributed by atoms with Gasteiger partial charge >= 0.3 is 0 Å². The van der Waals surface area contributed by atoms with E-state index in [-0.39, 0.29) is 17.6 Å². The van der Waals surface area contributed by atoms with Crippen LogP contribution in [-0.4, -0.2) is 18.6 Å². The van der Waals surface area contributed by atoms with Crippen LogP contribution < -0.4 is 10.1 Å². The van der Waals surface area contributed by atoms with Crippen LogP contribution in [0.4, 0.5) is 4.39 Å². The van der Waals surface area contributed by atoms with E-state index in [1.807, 2.05) is 19.9 Å². The monoisotopic (exact) mass is 274 g/mol. The summed E-state index contributed by atoms with van der Waals surface area (Å²) in [6.45, 7) is 4.70. The highest BCUT2D eigenvalue weighted by Crippen LogP contribution is 2.29. The van der Waals surface area contributed by atoms with Crippen molar-refractivity contribution in [3.63, 3.8) is 0 Å². The molecule has 0 aliphatic rings. The van der Waals surface area contributed by atoms with E-state index in [1.165, 1.54) is 7.11 Å². The summed E-state index contributed by atoms with van der Waals surface area (Å²) in [7, 11) is 1.47. The number of ether oxygens (including phenoxy) is 1. The lowest BCUT2D eigenvalue weighted by atomic mass is 9.98. The van der Waals surface area contributed by atoms with Gasteiger partial charge in [-0.1, -0.05) is 25.1 Å². The molecule has 0 saturated heterocycles. The number of hydrogen-bond donors (Lipinski definition) is 1. The van der Waals surface area contributed by atoms with Crippen LogP contribution in [-0.2, 0) is 0 Å². The zero-order valence-corrected chi connectivity index (χ0v) is 12.0. The standard InChI is InChI=1S/C16H19FN2O/c1-4-19-16(12-8-11(2)9-18-10-12)13-6-5-7-14(20-3)15(13)17/h5-10,16,19H,4H2,1-3H3. The van der Waals surface area contributed by atoms with Crippen molar-refractivity contribution in [3.05, 3.63) is 59.2 Å². The predicted molar refractivity (Wildman–Crippen MR) is 77.4 cm³/mol. The minimum absolute atomic E-state index is 0.234. The second-order valence-corrected chi connectivity index (χ2v) is 4.65. The first-order chi connectivity index (χ1) is 9.67. The van der Waals surface area contributed by atoms with E-state index in [0.29, 0.717) is 5.56 Å². The van der Waals surface area contributed by atoms with Gasteiger partial charge in [0.2, 0.25) is 0 Å². The van der Waals surface area contributed by atoms with Gasteiger partial charge in [0.25, 0.3) is 0 Å². The quantitative estimate of drug-likeness (QED) is 0.909. The first-order valence-electron chi connectivity index (χ1n) is 6.64. The van der Waals surface area contributed by atoms with Gasteiger partial charge in [-0.05, 0) is 30.7 Å². The van der Waals surface area contributed by atoms with Gasteiger partial charge in [-0.3, -0.25) is 4.98 Å². The van der Waals surface area contributed by atoms with Crippen molar-refractivity contribution in [3.8, 4) is 5.75 Å². The molecule has 0 spiro atoms. The Hall–Kier alpha value is -1.94. The van der Waals surface area contributed by atoms with Gasteiger partial charge in [0.1, 0.15) is 0 Å². The fraction of sp³-hybridized carbons (Fsp3) is 0.312. The van der Waals surface area contributed by atoms with Crippen molar-refractivity contribution in [2.45, 2.75) is 19.9 Å². The third-order valence-electron chi connectivity index (χ3n) is 3.16. The van der Waals surface area contributed by atoms with Crippen molar-refractivity contribution in [1.29, 1.82) is 0 Å². The Kier molecular flexibility index (Phi) is 4.69. The number of benzene rings is 1. The van der Waals surface area contributed by atoms with Crippen molar-refractivity contribution < 1.29 is 9.13 Å². The molecular formula is C16H19FN2O. The molecule has 3 nitrogen and oxygen atoms in total. The molecule has 106 valence electrons. The second kappa shape index (κ2) is 6.48. The molecule has 0 aliphatic heterocycles. The van der Waals surface area contributed by atoms with Crippen molar-refractivity contribution in [2.24, 2.45) is 0 Å². The number of methoxy groups -OCH3 is 1. The number of rotatable bonds is 5. The maximum atomic E-state index is 14.4. The van der Waals surface area contributed by atoms with Crippen LogP contribution in [0.5, 0.6) is 5.75 Å². The van der Waals surface area contributed by atoms with E-state index < -0.39 is 0 Å². The third-order valence-corrected chi connectivity index (χ3v) is 3.16. The minimum Gasteiger partial charge on any atom is -0.494 e. The molecule has 0 saturated carbocycles. The number of nitrogens with one attached hydrogen (secondary N) is 1. The first kappa shape index (κ1) is 14.5.